The Morgan fingerprint density at radius 3 is 2.79 bits per heavy atom. The van der Waals surface area contributed by atoms with E-state index in [1.807, 2.05) is 6.92 Å². The largest absolute Gasteiger partial charge is 0.462 e. The standard InChI is InChI=1S/C23H30N2O6S2/c1-5-30-22(29)18-14-7-6-12(2)10-16(14)33-20(18)24-19(27)13(3)31-21(28)15-11-32-23(4)9-8-17(26)25(15)23/h12-13,15H,5-11H2,1-4H3,(H,24,27). The fourth-order valence-corrected chi connectivity index (χ4v) is 7.59. The van der Waals surface area contributed by atoms with E-state index in [1.165, 1.54) is 18.3 Å². The van der Waals surface area contributed by atoms with Crippen molar-refractivity contribution in [3.05, 3.63) is 16.0 Å². The minimum atomic E-state index is -1.07. The van der Waals surface area contributed by atoms with Gasteiger partial charge in [0.1, 0.15) is 11.0 Å². The van der Waals surface area contributed by atoms with Gasteiger partial charge in [0.15, 0.2) is 6.10 Å². The van der Waals surface area contributed by atoms with Crippen LogP contribution in [0, 0.1) is 5.92 Å². The van der Waals surface area contributed by atoms with E-state index in [-0.39, 0.29) is 17.4 Å². The molecule has 2 aliphatic heterocycles. The third-order valence-corrected chi connectivity index (χ3v) is 9.28. The lowest BCUT2D eigenvalue weighted by Crippen LogP contribution is -2.48. The van der Waals surface area contributed by atoms with Gasteiger partial charge < -0.3 is 19.7 Å². The molecule has 0 radical (unpaired) electrons. The van der Waals surface area contributed by atoms with Crippen LogP contribution in [0.1, 0.15) is 67.8 Å². The molecule has 4 unspecified atom stereocenters. The number of hydrogen-bond donors (Lipinski definition) is 1. The molecular weight excluding hydrogens is 464 g/mol. The highest BCUT2D eigenvalue weighted by Gasteiger charge is 2.53. The fraction of sp³-hybridized carbons (Fsp3) is 0.652. The summed E-state index contributed by atoms with van der Waals surface area (Å²) >= 11 is 2.97. The summed E-state index contributed by atoms with van der Waals surface area (Å²) in [5.41, 5.74) is 1.37. The molecule has 0 bridgehead atoms. The van der Waals surface area contributed by atoms with E-state index in [4.69, 9.17) is 9.47 Å². The number of hydrogen-bond acceptors (Lipinski definition) is 8. The highest BCUT2D eigenvalue weighted by molar-refractivity contribution is 8.01. The Kier molecular flexibility index (Phi) is 6.77. The molecule has 0 aromatic carbocycles. The summed E-state index contributed by atoms with van der Waals surface area (Å²) in [6.45, 7) is 7.62. The molecule has 1 aromatic heterocycles. The molecule has 2 saturated heterocycles. The number of rotatable bonds is 6. The fourth-order valence-electron chi connectivity index (χ4n) is 4.77. The van der Waals surface area contributed by atoms with Crippen molar-refractivity contribution in [3.63, 3.8) is 0 Å². The maximum Gasteiger partial charge on any atom is 0.341 e. The average Bonchev–Trinajstić information content (AvgIpc) is 3.38. The number of thioether (sulfide) groups is 1. The lowest BCUT2D eigenvalue weighted by Gasteiger charge is -2.29. The van der Waals surface area contributed by atoms with Crippen molar-refractivity contribution >= 4 is 51.9 Å². The minimum Gasteiger partial charge on any atom is -0.462 e. The molecule has 3 heterocycles. The van der Waals surface area contributed by atoms with Crippen molar-refractivity contribution in [1.82, 2.24) is 4.90 Å². The lowest BCUT2D eigenvalue weighted by molar-refractivity contribution is -0.160. The van der Waals surface area contributed by atoms with Gasteiger partial charge >= 0.3 is 11.9 Å². The van der Waals surface area contributed by atoms with E-state index in [0.717, 1.165) is 29.7 Å². The number of nitrogens with zero attached hydrogens (tertiary/aromatic N) is 1. The van der Waals surface area contributed by atoms with E-state index in [9.17, 15) is 19.2 Å². The second-order valence-corrected chi connectivity index (χ2v) is 11.7. The highest BCUT2D eigenvalue weighted by Crippen LogP contribution is 2.47. The van der Waals surface area contributed by atoms with Crippen molar-refractivity contribution in [2.45, 2.75) is 76.8 Å². The number of anilines is 1. The maximum absolute atomic E-state index is 12.9. The first kappa shape index (κ1) is 24.1. The number of amides is 2. The zero-order valence-corrected chi connectivity index (χ0v) is 21.0. The van der Waals surface area contributed by atoms with Gasteiger partial charge in [-0.1, -0.05) is 6.92 Å². The molecule has 10 heteroatoms. The van der Waals surface area contributed by atoms with Crippen LogP contribution in [-0.2, 0) is 36.7 Å². The lowest BCUT2D eigenvalue weighted by atomic mass is 9.88. The van der Waals surface area contributed by atoms with Gasteiger partial charge in [-0.25, -0.2) is 9.59 Å². The Morgan fingerprint density at radius 1 is 1.30 bits per heavy atom. The van der Waals surface area contributed by atoms with E-state index >= 15 is 0 Å². The van der Waals surface area contributed by atoms with Gasteiger partial charge in [0.05, 0.1) is 17.0 Å². The third-order valence-electron chi connectivity index (χ3n) is 6.61. The summed E-state index contributed by atoms with van der Waals surface area (Å²) in [5.74, 6) is -0.620. The quantitative estimate of drug-likeness (QED) is 0.605. The molecule has 180 valence electrons. The van der Waals surface area contributed by atoms with E-state index in [2.05, 4.69) is 12.2 Å². The second-order valence-electron chi connectivity index (χ2n) is 9.11. The minimum absolute atomic E-state index is 0.0565. The van der Waals surface area contributed by atoms with Crippen molar-refractivity contribution in [2.24, 2.45) is 5.92 Å². The molecule has 8 nitrogen and oxygen atoms in total. The van der Waals surface area contributed by atoms with Gasteiger partial charge in [-0.2, -0.15) is 0 Å². The Hall–Kier alpha value is -2.07. The summed E-state index contributed by atoms with van der Waals surface area (Å²) in [7, 11) is 0. The third kappa shape index (κ3) is 4.51. The Morgan fingerprint density at radius 2 is 2.06 bits per heavy atom. The second kappa shape index (κ2) is 9.29. The summed E-state index contributed by atoms with van der Waals surface area (Å²) in [5, 5.41) is 3.24. The van der Waals surface area contributed by atoms with Crippen molar-refractivity contribution < 1.29 is 28.7 Å². The van der Waals surface area contributed by atoms with Crippen LogP contribution >= 0.6 is 23.1 Å². The van der Waals surface area contributed by atoms with Crippen LogP contribution < -0.4 is 5.32 Å². The number of ether oxygens (including phenoxy) is 2. The average molecular weight is 495 g/mol. The van der Waals surface area contributed by atoms with Gasteiger partial charge in [0.2, 0.25) is 5.91 Å². The molecule has 2 fully saturated rings. The Balaban J connectivity index is 1.46. The summed E-state index contributed by atoms with van der Waals surface area (Å²) in [6, 6.07) is -0.684. The molecule has 1 aromatic rings. The number of thiophene rings is 1. The maximum atomic E-state index is 12.9. The number of carbonyl (C=O) groups excluding carboxylic acids is 4. The van der Waals surface area contributed by atoms with Crippen molar-refractivity contribution in [3.8, 4) is 0 Å². The van der Waals surface area contributed by atoms with Gasteiger partial charge in [-0.15, -0.1) is 23.1 Å². The molecule has 1 aliphatic carbocycles. The molecular formula is C23H30N2O6S2. The van der Waals surface area contributed by atoms with Crippen LogP contribution in [0.15, 0.2) is 0 Å². The first-order valence-electron chi connectivity index (χ1n) is 11.4. The molecule has 3 aliphatic rings. The van der Waals surface area contributed by atoms with Gasteiger partial charge in [0.25, 0.3) is 5.91 Å². The normalized spacial score (nSPS) is 27.0. The summed E-state index contributed by atoms with van der Waals surface area (Å²) < 4.78 is 10.7. The predicted molar refractivity (Wildman–Crippen MR) is 126 cm³/mol. The van der Waals surface area contributed by atoms with Crippen LogP contribution in [0.3, 0.4) is 0 Å². The highest BCUT2D eigenvalue weighted by atomic mass is 32.2. The summed E-state index contributed by atoms with van der Waals surface area (Å²) in [4.78, 5) is 53.0. The predicted octanol–water partition coefficient (Wildman–Crippen LogP) is 3.37. The van der Waals surface area contributed by atoms with E-state index in [1.54, 1.807) is 23.6 Å². The molecule has 33 heavy (non-hydrogen) atoms. The molecule has 2 amide bonds. The zero-order valence-electron chi connectivity index (χ0n) is 19.4. The summed E-state index contributed by atoms with van der Waals surface area (Å²) in [6.07, 6.45) is 2.65. The first-order chi connectivity index (χ1) is 15.6. The van der Waals surface area contributed by atoms with Crippen LogP contribution in [0.2, 0.25) is 0 Å². The van der Waals surface area contributed by atoms with Crippen molar-refractivity contribution in [2.75, 3.05) is 17.7 Å². The Labute approximate surface area is 201 Å². The van der Waals surface area contributed by atoms with Crippen LogP contribution in [0.4, 0.5) is 5.00 Å². The first-order valence-corrected chi connectivity index (χ1v) is 13.2. The van der Waals surface area contributed by atoms with Gasteiger partial charge in [0, 0.05) is 17.1 Å². The van der Waals surface area contributed by atoms with E-state index in [0.29, 0.717) is 35.1 Å². The van der Waals surface area contributed by atoms with Crippen molar-refractivity contribution in [1.29, 1.82) is 0 Å². The van der Waals surface area contributed by atoms with E-state index < -0.39 is 30.0 Å². The molecule has 4 atom stereocenters. The SMILES string of the molecule is CCOC(=O)c1c(NC(=O)C(C)OC(=O)C2CSC3(C)CCC(=O)N23)sc2c1CCC(C)C2. The topological polar surface area (TPSA) is 102 Å². The van der Waals surface area contributed by atoms with Gasteiger partial charge in [-0.3, -0.25) is 9.59 Å². The molecule has 0 saturated carbocycles. The smallest absolute Gasteiger partial charge is 0.341 e. The van der Waals surface area contributed by atoms with Crippen LogP contribution in [0.5, 0.6) is 0 Å². The monoisotopic (exact) mass is 494 g/mol. The molecule has 1 N–H and O–H groups in total. The Bertz CT molecular complexity index is 992. The number of carbonyl (C=O) groups is 4. The van der Waals surface area contributed by atoms with Crippen LogP contribution in [-0.4, -0.2) is 58.0 Å². The van der Waals surface area contributed by atoms with Gasteiger partial charge in [-0.05, 0) is 57.9 Å². The number of nitrogens with one attached hydrogen (secondary N) is 1. The number of esters is 2. The van der Waals surface area contributed by atoms with Crippen LogP contribution in [0.25, 0.3) is 0 Å². The molecule has 4 rings (SSSR count). The zero-order chi connectivity index (χ0) is 23.9. The molecule has 0 spiro atoms. The number of fused-ring (bicyclic) bond motifs is 2.